The molecule has 0 aromatic heterocycles. The van der Waals surface area contributed by atoms with Gasteiger partial charge in [0.05, 0.1) is 12.2 Å². The number of unbranched alkanes of at least 4 members (excludes halogenated alkanes) is 20. The number of ether oxygens (including phenoxy) is 3. The zero-order chi connectivity index (χ0) is 34.2. The Bertz CT molecular complexity index is 750. The van der Waals surface area contributed by atoms with Gasteiger partial charge in [0.15, 0.2) is 0 Å². The average Bonchev–Trinajstić information content (AvgIpc) is 3.81. The van der Waals surface area contributed by atoms with Crippen LogP contribution in [0.25, 0.3) is 0 Å². The molecule has 2 unspecified atom stereocenters. The minimum Gasteiger partial charge on any atom is -0.463 e. The Labute approximate surface area is 290 Å². The van der Waals surface area contributed by atoms with Gasteiger partial charge in [0.2, 0.25) is 0 Å². The highest BCUT2D eigenvalue weighted by Crippen LogP contribution is 2.30. The predicted octanol–water partition coefficient (Wildman–Crippen LogP) is 11.4. The lowest BCUT2D eigenvalue weighted by atomic mass is 10.0. The van der Waals surface area contributed by atoms with Crippen molar-refractivity contribution in [2.24, 2.45) is 5.92 Å². The molecule has 0 saturated carbocycles. The first-order chi connectivity index (χ1) is 22.9. The minimum absolute atomic E-state index is 0.119. The lowest BCUT2D eigenvalue weighted by molar-refractivity contribution is -0.152. The van der Waals surface area contributed by atoms with Crippen LogP contribution in [0.15, 0.2) is 12.2 Å². The number of hydrogen-bond acceptors (Lipinski definition) is 6. The third-order valence-corrected chi connectivity index (χ3v) is 9.35. The van der Waals surface area contributed by atoms with Crippen molar-refractivity contribution in [1.82, 2.24) is 0 Å². The Morgan fingerprint density at radius 3 is 1.57 bits per heavy atom. The zero-order valence-electron chi connectivity index (χ0n) is 31.2. The van der Waals surface area contributed by atoms with Crippen LogP contribution in [-0.2, 0) is 23.8 Å². The fraction of sp³-hybridized carbons (Fsp3) is 0.902. The van der Waals surface area contributed by atoms with Crippen molar-refractivity contribution < 1.29 is 28.9 Å². The van der Waals surface area contributed by atoms with Crippen LogP contribution in [0.5, 0.6) is 0 Å². The van der Waals surface area contributed by atoms with Gasteiger partial charge in [0.1, 0.15) is 19.3 Å². The molecule has 1 fully saturated rings. The van der Waals surface area contributed by atoms with Crippen LogP contribution in [-0.4, -0.2) is 48.6 Å². The van der Waals surface area contributed by atoms with E-state index in [0.29, 0.717) is 25.0 Å². The number of carbonyl (C=O) groups is 2. The number of hydrogen-bond donors (Lipinski definition) is 1. The monoisotopic (exact) mass is 665 g/mol. The summed E-state index contributed by atoms with van der Waals surface area (Å²) in [6, 6.07) is 0. The third-order valence-electron chi connectivity index (χ3n) is 9.35. The largest absolute Gasteiger partial charge is 0.463 e. The summed E-state index contributed by atoms with van der Waals surface area (Å²) in [7, 11) is 0. The Hall–Kier alpha value is -1.40. The summed E-state index contributed by atoms with van der Waals surface area (Å²) in [5.41, 5.74) is 0. The quantitative estimate of drug-likeness (QED) is 0.0314. The summed E-state index contributed by atoms with van der Waals surface area (Å²) in [5, 5.41) is 10.0. The van der Waals surface area contributed by atoms with Crippen molar-refractivity contribution in [1.29, 1.82) is 0 Å². The van der Waals surface area contributed by atoms with Crippen LogP contribution < -0.4 is 0 Å². The standard InChI is InChI=1S/C41H76O6/c1-4-5-24-30-38-39(47-38)31-26-21-17-14-15-19-23-28-33-41(44)46-35-37(42)34-45-40(43)32-27-22-18-13-11-9-7-6-8-10-12-16-20-25-29-36(2)3/h21,26,36-39,42H,4-20,22-25,27-35H2,1-3H3/b26-21-/t37-,38?,39?/m1/s1. The number of aliphatic hydroxyl groups is 1. The first kappa shape index (κ1) is 43.6. The SMILES string of the molecule is CCCCCC1OC1C/C=C\CCCCCCCC(=O)OC[C@H](O)COC(=O)CCCCCCCCCCCCCCCCC(C)C. The molecule has 1 saturated heterocycles. The molecule has 276 valence electrons. The summed E-state index contributed by atoms with van der Waals surface area (Å²) in [6.07, 6.45) is 37.2. The van der Waals surface area contributed by atoms with Crippen LogP contribution in [0, 0.1) is 5.92 Å². The molecule has 1 aliphatic heterocycles. The summed E-state index contributed by atoms with van der Waals surface area (Å²) in [4.78, 5) is 24.0. The van der Waals surface area contributed by atoms with Crippen molar-refractivity contribution in [2.45, 2.75) is 219 Å². The fourth-order valence-electron chi connectivity index (χ4n) is 6.16. The Morgan fingerprint density at radius 1 is 0.617 bits per heavy atom. The fourth-order valence-corrected chi connectivity index (χ4v) is 6.16. The number of aliphatic hydroxyl groups excluding tert-OH is 1. The highest BCUT2D eigenvalue weighted by molar-refractivity contribution is 5.69. The Kier molecular flexibility index (Phi) is 29.6. The molecule has 0 radical (unpaired) electrons. The highest BCUT2D eigenvalue weighted by atomic mass is 16.6. The molecule has 0 bridgehead atoms. The van der Waals surface area contributed by atoms with E-state index in [4.69, 9.17) is 14.2 Å². The molecule has 0 aromatic carbocycles. The normalized spacial score (nSPS) is 16.6. The van der Waals surface area contributed by atoms with Crippen molar-refractivity contribution in [3.63, 3.8) is 0 Å². The Morgan fingerprint density at radius 2 is 1.09 bits per heavy atom. The van der Waals surface area contributed by atoms with E-state index in [0.717, 1.165) is 57.3 Å². The van der Waals surface area contributed by atoms with Crippen LogP contribution >= 0.6 is 0 Å². The molecule has 1 heterocycles. The van der Waals surface area contributed by atoms with Gasteiger partial charge in [0.25, 0.3) is 0 Å². The van der Waals surface area contributed by atoms with E-state index in [-0.39, 0.29) is 25.2 Å². The molecule has 3 atom stereocenters. The maximum atomic E-state index is 12.0. The van der Waals surface area contributed by atoms with E-state index in [1.165, 1.54) is 116 Å². The average molecular weight is 665 g/mol. The Balaban J connectivity index is 1.79. The summed E-state index contributed by atoms with van der Waals surface area (Å²) < 4.78 is 16.1. The van der Waals surface area contributed by atoms with Crippen LogP contribution in [0.4, 0.5) is 0 Å². The minimum atomic E-state index is -0.968. The molecule has 6 nitrogen and oxygen atoms in total. The number of carbonyl (C=O) groups excluding carboxylic acids is 2. The van der Waals surface area contributed by atoms with Gasteiger partial charge in [-0.15, -0.1) is 0 Å². The second kappa shape index (κ2) is 31.8. The molecule has 0 aliphatic carbocycles. The molecular formula is C41H76O6. The summed E-state index contributed by atoms with van der Waals surface area (Å²) in [6.45, 7) is 6.62. The number of rotatable bonds is 35. The zero-order valence-corrected chi connectivity index (χ0v) is 31.2. The number of allylic oxidation sites excluding steroid dienone is 1. The molecule has 47 heavy (non-hydrogen) atoms. The van der Waals surface area contributed by atoms with Gasteiger partial charge in [0, 0.05) is 12.8 Å². The smallest absolute Gasteiger partial charge is 0.305 e. The third kappa shape index (κ3) is 30.4. The summed E-state index contributed by atoms with van der Waals surface area (Å²) in [5.74, 6) is 0.272. The van der Waals surface area contributed by atoms with E-state index in [9.17, 15) is 14.7 Å². The maximum absolute atomic E-state index is 12.0. The van der Waals surface area contributed by atoms with Gasteiger partial charge in [-0.3, -0.25) is 9.59 Å². The van der Waals surface area contributed by atoms with Crippen LogP contribution in [0.3, 0.4) is 0 Å². The maximum Gasteiger partial charge on any atom is 0.305 e. The lowest BCUT2D eigenvalue weighted by Crippen LogP contribution is -2.25. The molecule has 0 aromatic rings. The second-order valence-electron chi connectivity index (χ2n) is 14.6. The first-order valence-corrected chi connectivity index (χ1v) is 20.2. The molecule has 0 spiro atoms. The van der Waals surface area contributed by atoms with Gasteiger partial charge < -0.3 is 19.3 Å². The second-order valence-corrected chi connectivity index (χ2v) is 14.6. The lowest BCUT2D eigenvalue weighted by Gasteiger charge is -2.12. The molecule has 1 N–H and O–H groups in total. The predicted molar refractivity (Wildman–Crippen MR) is 196 cm³/mol. The van der Waals surface area contributed by atoms with Crippen LogP contribution in [0.1, 0.15) is 201 Å². The number of epoxide rings is 1. The van der Waals surface area contributed by atoms with Gasteiger partial charge >= 0.3 is 11.9 Å². The number of esters is 2. The van der Waals surface area contributed by atoms with E-state index >= 15 is 0 Å². The topological polar surface area (TPSA) is 85.4 Å². The van der Waals surface area contributed by atoms with E-state index < -0.39 is 6.10 Å². The molecule has 0 amide bonds. The van der Waals surface area contributed by atoms with Crippen molar-refractivity contribution in [3.8, 4) is 0 Å². The highest BCUT2D eigenvalue weighted by Gasteiger charge is 2.36. The van der Waals surface area contributed by atoms with Crippen molar-refractivity contribution >= 4 is 11.9 Å². The van der Waals surface area contributed by atoms with Gasteiger partial charge in [-0.25, -0.2) is 0 Å². The van der Waals surface area contributed by atoms with Crippen LogP contribution in [0.2, 0.25) is 0 Å². The molecule has 6 heteroatoms. The van der Waals surface area contributed by atoms with Gasteiger partial charge in [-0.2, -0.15) is 0 Å². The van der Waals surface area contributed by atoms with Gasteiger partial charge in [-0.1, -0.05) is 161 Å². The van der Waals surface area contributed by atoms with E-state index in [1.54, 1.807) is 0 Å². The molecule has 1 rings (SSSR count). The first-order valence-electron chi connectivity index (χ1n) is 20.2. The van der Waals surface area contributed by atoms with Crippen molar-refractivity contribution in [2.75, 3.05) is 13.2 Å². The van der Waals surface area contributed by atoms with E-state index in [2.05, 4.69) is 32.9 Å². The molecular weight excluding hydrogens is 588 g/mol. The van der Waals surface area contributed by atoms with E-state index in [1.807, 2.05) is 0 Å². The van der Waals surface area contributed by atoms with Gasteiger partial charge in [-0.05, 0) is 44.4 Å². The molecule has 1 aliphatic rings. The van der Waals surface area contributed by atoms with Crippen molar-refractivity contribution in [3.05, 3.63) is 12.2 Å². The summed E-state index contributed by atoms with van der Waals surface area (Å²) >= 11 is 0.